The molecule has 0 bridgehead atoms. The highest BCUT2D eigenvalue weighted by molar-refractivity contribution is 6.07. The monoisotopic (exact) mass is 374 g/mol. The van der Waals surface area contributed by atoms with E-state index in [1.807, 2.05) is 50.2 Å². The predicted molar refractivity (Wildman–Crippen MR) is 109 cm³/mol. The summed E-state index contributed by atoms with van der Waals surface area (Å²) in [6.07, 6.45) is 3.30. The number of aryl methyl sites for hydroxylation is 3. The molecule has 0 fully saturated rings. The molecule has 0 radical (unpaired) electrons. The minimum atomic E-state index is -0.163. The number of benzene rings is 2. The van der Waals surface area contributed by atoms with Gasteiger partial charge in [-0.3, -0.25) is 9.59 Å². The number of hydrogen-bond acceptors (Lipinski definition) is 3. The van der Waals surface area contributed by atoms with Gasteiger partial charge in [0, 0.05) is 23.5 Å². The van der Waals surface area contributed by atoms with Crippen molar-refractivity contribution < 1.29 is 14.0 Å². The molecule has 2 heterocycles. The van der Waals surface area contributed by atoms with Gasteiger partial charge in [0.15, 0.2) is 5.76 Å². The van der Waals surface area contributed by atoms with Gasteiger partial charge in [-0.15, -0.1) is 0 Å². The molecule has 0 aliphatic carbocycles. The zero-order valence-electron chi connectivity index (χ0n) is 16.0. The second-order valence-corrected chi connectivity index (χ2v) is 7.21. The van der Waals surface area contributed by atoms with Gasteiger partial charge in [0.2, 0.25) is 0 Å². The first-order valence-corrected chi connectivity index (χ1v) is 9.39. The highest BCUT2D eigenvalue weighted by Crippen LogP contribution is 2.31. The molecular weight excluding hydrogens is 352 g/mol. The van der Waals surface area contributed by atoms with E-state index in [4.69, 9.17) is 4.42 Å². The summed E-state index contributed by atoms with van der Waals surface area (Å²) >= 11 is 0. The van der Waals surface area contributed by atoms with Crippen LogP contribution >= 0.6 is 0 Å². The maximum absolute atomic E-state index is 12.8. The summed E-state index contributed by atoms with van der Waals surface area (Å²) in [7, 11) is 0. The number of furan rings is 1. The van der Waals surface area contributed by atoms with Crippen LogP contribution in [0.4, 0.5) is 11.4 Å². The van der Waals surface area contributed by atoms with Crippen LogP contribution in [0.3, 0.4) is 0 Å². The summed E-state index contributed by atoms with van der Waals surface area (Å²) in [6, 6.07) is 14.9. The normalized spacial score (nSPS) is 13.1. The highest BCUT2D eigenvalue weighted by Gasteiger charge is 2.25. The predicted octanol–water partition coefficient (Wildman–Crippen LogP) is 4.74. The SMILES string of the molecule is Cc1cc(C)cc(C(=O)Nc2ccc3c(c2)N(C(=O)c2ccco2)CCC3)c1. The van der Waals surface area contributed by atoms with Gasteiger partial charge in [0.1, 0.15) is 0 Å². The van der Waals surface area contributed by atoms with Crippen molar-refractivity contribution in [3.63, 3.8) is 0 Å². The Balaban J connectivity index is 1.61. The van der Waals surface area contributed by atoms with Crippen LogP contribution in [0.5, 0.6) is 0 Å². The van der Waals surface area contributed by atoms with Gasteiger partial charge < -0.3 is 14.6 Å². The second-order valence-electron chi connectivity index (χ2n) is 7.21. The second kappa shape index (κ2) is 7.35. The van der Waals surface area contributed by atoms with Crippen molar-refractivity contribution in [2.75, 3.05) is 16.8 Å². The van der Waals surface area contributed by atoms with Crippen LogP contribution in [0.1, 0.15) is 44.0 Å². The Kier molecular flexibility index (Phi) is 4.74. The average molecular weight is 374 g/mol. The molecule has 28 heavy (non-hydrogen) atoms. The van der Waals surface area contributed by atoms with Gasteiger partial charge in [0.05, 0.1) is 6.26 Å². The lowest BCUT2D eigenvalue weighted by atomic mass is 10.0. The molecule has 0 saturated carbocycles. The van der Waals surface area contributed by atoms with Crippen molar-refractivity contribution in [1.29, 1.82) is 0 Å². The van der Waals surface area contributed by atoms with E-state index in [-0.39, 0.29) is 11.8 Å². The van der Waals surface area contributed by atoms with E-state index in [9.17, 15) is 9.59 Å². The Labute approximate surface area is 164 Å². The van der Waals surface area contributed by atoms with Crippen molar-refractivity contribution in [2.45, 2.75) is 26.7 Å². The van der Waals surface area contributed by atoms with Gasteiger partial charge in [-0.25, -0.2) is 0 Å². The molecule has 1 aliphatic rings. The van der Waals surface area contributed by atoms with E-state index in [1.165, 1.54) is 6.26 Å². The van der Waals surface area contributed by atoms with Crippen molar-refractivity contribution in [2.24, 2.45) is 0 Å². The maximum Gasteiger partial charge on any atom is 0.293 e. The molecule has 5 heteroatoms. The van der Waals surface area contributed by atoms with Crippen LogP contribution in [0.2, 0.25) is 0 Å². The Morgan fingerprint density at radius 2 is 1.82 bits per heavy atom. The van der Waals surface area contributed by atoms with E-state index < -0.39 is 0 Å². The van der Waals surface area contributed by atoms with E-state index in [0.717, 1.165) is 35.2 Å². The number of hydrogen-bond donors (Lipinski definition) is 1. The standard InChI is InChI=1S/C23H22N2O3/c1-15-11-16(2)13-18(12-15)22(26)24-19-8-7-17-5-3-9-25(20(17)14-19)23(27)21-6-4-10-28-21/h4,6-8,10-14H,3,5,9H2,1-2H3,(H,24,26). The molecular formula is C23H22N2O3. The fraction of sp³-hybridized carbons (Fsp3) is 0.217. The van der Waals surface area contributed by atoms with Crippen LogP contribution < -0.4 is 10.2 Å². The third-order valence-electron chi connectivity index (χ3n) is 4.92. The molecule has 0 atom stereocenters. The number of rotatable bonds is 3. The Morgan fingerprint density at radius 1 is 1.04 bits per heavy atom. The smallest absolute Gasteiger partial charge is 0.293 e. The number of fused-ring (bicyclic) bond motifs is 1. The maximum atomic E-state index is 12.8. The fourth-order valence-corrected chi connectivity index (χ4v) is 3.71. The minimum Gasteiger partial charge on any atom is -0.459 e. The lowest BCUT2D eigenvalue weighted by molar-refractivity contribution is 0.0958. The topological polar surface area (TPSA) is 62.6 Å². The van der Waals surface area contributed by atoms with E-state index in [0.29, 0.717) is 23.6 Å². The molecule has 0 unspecified atom stereocenters. The van der Waals surface area contributed by atoms with Crippen LogP contribution in [-0.2, 0) is 6.42 Å². The number of amides is 2. The van der Waals surface area contributed by atoms with Crippen LogP contribution in [-0.4, -0.2) is 18.4 Å². The number of carbonyl (C=O) groups is 2. The third kappa shape index (κ3) is 3.56. The van der Waals surface area contributed by atoms with Gasteiger partial charge in [-0.2, -0.15) is 0 Å². The number of nitrogens with one attached hydrogen (secondary N) is 1. The lowest BCUT2D eigenvalue weighted by Crippen LogP contribution is -2.35. The van der Waals surface area contributed by atoms with E-state index >= 15 is 0 Å². The Hall–Kier alpha value is -3.34. The van der Waals surface area contributed by atoms with Gasteiger partial charge in [0.25, 0.3) is 11.8 Å². The summed E-state index contributed by atoms with van der Waals surface area (Å²) in [4.78, 5) is 27.2. The molecule has 2 amide bonds. The van der Waals surface area contributed by atoms with Gasteiger partial charge >= 0.3 is 0 Å². The molecule has 1 N–H and O–H groups in total. The minimum absolute atomic E-state index is 0.161. The van der Waals surface area contributed by atoms with Crippen LogP contribution in [0, 0.1) is 13.8 Å². The van der Waals surface area contributed by atoms with E-state index in [2.05, 4.69) is 5.32 Å². The first-order valence-electron chi connectivity index (χ1n) is 9.39. The average Bonchev–Trinajstić information content (AvgIpc) is 3.21. The molecule has 1 aromatic heterocycles. The van der Waals surface area contributed by atoms with Crippen LogP contribution in [0.15, 0.2) is 59.2 Å². The molecule has 1 aliphatic heterocycles. The van der Waals surface area contributed by atoms with E-state index in [1.54, 1.807) is 17.0 Å². The molecule has 5 nitrogen and oxygen atoms in total. The number of anilines is 2. The van der Waals surface area contributed by atoms with Gasteiger partial charge in [-0.05, 0) is 68.7 Å². The van der Waals surface area contributed by atoms with Crippen molar-refractivity contribution >= 4 is 23.2 Å². The summed E-state index contributed by atoms with van der Waals surface area (Å²) in [5.74, 6) is -0.00673. The van der Waals surface area contributed by atoms with Crippen molar-refractivity contribution in [3.05, 3.63) is 82.8 Å². The quantitative estimate of drug-likeness (QED) is 0.720. The zero-order valence-corrected chi connectivity index (χ0v) is 16.0. The number of carbonyl (C=O) groups excluding carboxylic acids is 2. The summed E-state index contributed by atoms with van der Waals surface area (Å²) < 4.78 is 5.28. The van der Waals surface area contributed by atoms with Crippen molar-refractivity contribution in [1.82, 2.24) is 0 Å². The third-order valence-corrected chi connectivity index (χ3v) is 4.92. The molecule has 3 aromatic rings. The molecule has 2 aromatic carbocycles. The highest BCUT2D eigenvalue weighted by atomic mass is 16.3. The van der Waals surface area contributed by atoms with Crippen molar-refractivity contribution in [3.8, 4) is 0 Å². The summed E-state index contributed by atoms with van der Waals surface area (Å²) in [6.45, 7) is 4.57. The molecule has 142 valence electrons. The summed E-state index contributed by atoms with van der Waals surface area (Å²) in [5, 5.41) is 2.96. The first-order chi connectivity index (χ1) is 13.5. The zero-order chi connectivity index (χ0) is 19.7. The first kappa shape index (κ1) is 18.0. The Bertz CT molecular complexity index is 1020. The lowest BCUT2D eigenvalue weighted by Gasteiger charge is -2.29. The van der Waals surface area contributed by atoms with Gasteiger partial charge in [-0.1, -0.05) is 23.3 Å². The summed E-state index contributed by atoms with van der Waals surface area (Å²) in [5.41, 5.74) is 5.30. The van der Waals surface area contributed by atoms with Crippen LogP contribution in [0.25, 0.3) is 0 Å². The molecule has 0 saturated heterocycles. The Morgan fingerprint density at radius 3 is 2.54 bits per heavy atom. The molecule has 0 spiro atoms. The number of nitrogens with zero attached hydrogens (tertiary/aromatic N) is 1. The molecule has 4 rings (SSSR count). The largest absolute Gasteiger partial charge is 0.459 e. The fourth-order valence-electron chi connectivity index (χ4n) is 3.71.